The van der Waals surface area contributed by atoms with E-state index in [0.717, 1.165) is 18.5 Å². The maximum Gasteiger partial charge on any atom is 0.0768 e. The van der Waals surface area contributed by atoms with E-state index in [1.54, 1.807) is 0 Å². The number of aliphatic imine (C=N–C) groups is 1. The second-order valence-corrected chi connectivity index (χ2v) is 4.62. The zero-order valence-corrected chi connectivity index (χ0v) is 9.97. The fourth-order valence-electron chi connectivity index (χ4n) is 1.66. The van der Waals surface area contributed by atoms with Gasteiger partial charge < -0.3 is 0 Å². The SMILES string of the molecule is CCC1=C(CC)Sc2ccccc2N=C1. The number of para-hydroxylation sites is 1. The molecule has 1 heterocycles. The summed E-state index contributed by atoms with van der Waals surface area (Å²) < 4.78 is 0. The first kappa shape index (κ1) is 10.5. The van der Waals surface area contributed by atoms with Gasteiger partial charge in [-0.05, 0) is 35.5 Å². The molecule has 1 aliphatic rings. The van der Waals surface area contributed by atoms with Crippen molar-refractivity contribution in [3.63, 3.8) is 0 Å². The van der Waals surface area contributed by atoms with Crippen molar-refractivity contribution in [1.82, 2.24) is 0 Å². The van der Waals surface area contributed by atoms with E-state index < -0.39 is 0 Å². The van der Waals surface area contributed by atoms with Crippen LogP contribution in [0.15, 0.2) is 44.6 Å². The second kappa shape index (κ2) is 4.67. The van der Waals surface area contributed by atoms with Crippen LogP contribution in [0.2, 0.25) is 0 Å². The molecule has 78 valence electrons. The monoisotopic (exact) mass is 217 g/mol. The molecule has 0 saturated carbocycles. The second-order valence-electron chi connectivity index (χ2n) is 3.48. The Labute approximate surface area is 95.3 Å². The van der Waals surface area contributed by atoms with E-state index in [1.165, 1.54) is 15.4 Å². The molecule has 2 heteroatoms. The minimum absolute atomic E-state index is 1.06. The Balaban J connectivity index is 2.44. The van der Waals surface area contributed by atoms with E-state index in [0.29, 0.717) is 0 Å². The fourth-order valence-corrected chi connectivity index (χ4v) is 2.77. The van der Waals surface area contributed by atoms with Crippen LogP contribution in [-0.4, -0.2) is 6.21 Å². The van der Waals surface area contributed by atoms with Gasteiger partial charge in [0.1, 0.15) is 0 Å². The normalized spacial score (nSPS) is 15.1. The third-order valence-corrected chi connectivity index (χ3v) is 3.88. The van der Waals surface area contributed by atoms with Crippen LogP contribution >= 0.6 is 11.8 Å². The predicted octanol–water partition coefficient (Wildman–Crippen LogP) is 4.57. The Bertz CT molecular complexity index is 418. The Hall–Kier alpha value is -1.02. The Kier molecular flexibility index (Phi) is 3.27. The van der Waals surface area contributed by atoms with Crippen LogP contribution in [0.4, 0.5) is 5.69 Å². The van der Waals surface area contributed by atoms with Crippen molar-refractivity contribution in [3.05, 3.63) is 34.7 Å². The Morgan fingerprint density at radius 2 is 1.93 bits per heavy atom. The standard InChI is InChI=1S/C13H15NS/c1-3-10-9-14-11-7-5-6-8-13(11)15-12(10)4-2/h5-9H,3-4H2,1-2H3. The number of benzene rings is 1. The van der Waals surface area contributed by atoms with Crippen LogP contribution in [0, 0.1) is 0 Å². The molecule has 0 aromatic heterocycles. The van der Waals surface area contributed by atoms with Crippen molar-refractivity contribution in [2.24, 2.45) is 4.99 Å². The molecule has 1 nitrogen and oxygen atoms in total. The van der Waals surface area contributed by atoms with Crippen molar-refractivity contribution in [2.45, 2.75) is 31.6 Å². The van der Waals surface area contributed by atoms with Crippen molar-refractivity contribution in [1.29, 1.82) is 0 Å². The van der Waals surface area contributed by atoms with E-state index in [9.17, 15) is 0 Å². The first-order valence-electron chi connectivity index (χ1n) is 5.38. The molecule has 0 fully saturated rings. The smallest absolute Gasteiger partial charge is 0.0768 e. The number of rotatable bonds is 2. The zero-order valence-electron chi connectivity index (χ0n) is 9.16. The molecule has 0 saturated heterocycles. The summed E-state index contributed by atoms with van der Waals surface area (Å²) in [4.78, 5) is 7.26. The van der Waals surface area contributed by atoms with Gasteiger partial charge in [-0.25, -0.2) is 0 Å². The third kappa shape index (κ3) is 2.15. The maximum atomic E-state index is 4.53. The molecule has 0 spiro atoms. The van der Waals surface area contributed by atoms with Gasteiger partial charge >= 0.3 is 0 Å². The number of hydrogen-bond acceptors (Lipinski definition) is 2. The highest BCUT2D eigenvalue weighted by atomic mass is 32.2. The van der Waals surface area contributed by atoms with Crippen LogP contribution in [-0.2, 0) is 0 Å². The Morgan fingerprint density at radius 1 is 1.13 bits per heavy atom. The van der Waals surface area contributed by atoms with Gasteiger partial charge in [-0.3, -0.25) is 4.99 Å². The molecule has 0 atom stereocenters. The van der Waals surface area contributed by atoms with Crippen molar-refractivity contribution in [2.75, 3.05) is 0 Å². The minimum Gasteiger partial charge on any atom is -0.255 e. The van der Waals surface area contributed by atoms with Gasteiger partial charge in [0.15, 0.2) is 0 Å². The molecule has 1 aromatic carbocycles. The first-order chi connectivity index (χ1) is 7.35. The molecular weight excluding hydrogens is 202 g/mol. The highest BCUT2D eigenvalue weighted by Crippen LogP contribution is 2.39. The number of hydrogen-bond donors (Lipinski definition) is 0. The van der Waals surface area contributed by atoms with Crippen molar-refractivity contribution < 1.29 is 0 Å². The summed E-state index contributed by atoms with van der Waals surface area (Å²) in [6, 6.07) is 8.33. The fraction of sp³-hybridized carbons (Fsp3) is 0.308. The van der Waals surface area contributed by atoms with Crippen molar-refractivity contribution >= 4 is 23.7 Å². The van der Waals surface area contributed by atoms with Crippen LogP contribution in [0.1, 0.15) is 26.7 Å². The predicted molar refractivity (Wildman–Crippen MR) is 68.1 cm³/mol. The molecule has 15 heavy (non-hydrogen) atoms. The highest BCUT2D eigenvalue weighted by molar-refractivity contribution is 8.03. The summed E-state index contributed by atoms with van der Waals surface area (Å²) in [5, 5.41) is 0. The number of fused-ring (bicyclic) bond motifs is 1. The summed E-state index contributed by atoms with van der Waals surface area (Å²) in [7, 11) is 0. The molecule has 1 aliphatic heterocycles. The van der Waals surface area contributed by atoms with Gasteiger partial charge in [0, 0.05) is 11.1 Å². The largest absolute Gasteiger partial charge is 0.255 e. The van der Waals surface area contributed by atoms with Crippen LogP contribution in [0.5, 0.6) is 0 Å². The quantitative estimate of drug-likeness (QED) is 0.707. The van der Waals surface area contributed by atoms with Gasteiger partial charge in [0.2, 0.25) is 0 Å². The molecule has 0 amide bonds. The third-order valence-electron chi connectivity index (χ3n) is 2.52. The molecule has 0 unspecified atom stereocenters. The van der Waals surface area contributed by atoms with E-state index in [-0.39, 0.29) is 0 Å². The molecule has 0 N–H and O–H groups in total. The number of thioether (sulfide) groups is 1. The van der Waals surface area contributed by atoms with Gasteiger partial charge in [-0.15, -0.1) is 0 Å². The van der Waals surface area contributed by atoms with Crippen LogP contribution in [0.25, 0.3) is 0 Å². The lowest BCUT2D eigenvalue weighted by molar-refractivity contribution is 1.11. The summed E-state index contributed by atoms with van der Waals surface area (Å²) in [6.45, 7) is 4.40. The van der Waals surface area contributed by atoms with Gasteiger partial charge in [0.05, 0.1) is 5.69 Å². The minimum atomic E-state index is 1.06. The summed E-state index contributed by atoms with van der Waals surface area (Å²) in [5.74, 6) is 0. The average Bonchev–Trinajstić information content (AvgIpc) is 2.47. The molecule has 0 aliphatic carbocycles. The van der Waals surface area contributed by atoms with Gasteiger partial charge in [-0.2, -0.15) is 0 Å². The maximum absolute atomic E-state index is 4.53. The van der Waals surface area contributed by atoms with Gasteiger partial charge in [-0.1, -0.05) is 37.7 Å². The molecule has 1 aromatic rings. The summed E-state index contributed by atoms with van der Waals surface area (Å²) in [6.07, 6.45) is 4.18. The average molecular weight is 217 g/mol. The van der Waals surface area contributed by atoms with Crippen molar-refractivity contribution in [3.8, 4) is 0 Å². The summed E-state index contributed by atoms with van der Waals surface area (Å²) >= 11 is 1.87. The zero-order chi connectivity index (χ0) is 10.7. The molecule has 0 bridgehead atoms. The Morgan fingerprint density at radius 3 is 2.67 bits per heavy atom. The lowest BCUT2D eigenvalue weighted by atomic mass is 10.2. The molecule has 0 radical (unpaired) electrons. The lowest BCUT2D eigenvalue weighted by Crippen LogP contribution is -1.86. The topological polar surface area (TPSA) is 12.4 Å². The molecular formula is C13H15NS. The van der Waals surface area contributed by atoms with E-state index in [1.807, 2.05) is 24.0 Å². The van der Waals surface area contributed by atoms with E-state index in [2.05, 4.69) is 37.0 Å². The molecule has 2 rings (SSSR count). The van der Waals surface area contributed by atoms with Crippen LogP contribution < -0.4 is 0 Å². The van der Waals surface area contributed by atoms with Gasteiger partial charge in [0.25, 0.3) is 0 Å². The lowest BCUT2D eigenvalue weighted by Gasteiger charge is -2.06. The van der Waals surface area contributed by atoms with E-state index >= 15 is 0 Å². The summed E-state index contributed by atoms with van der Waals surface area (Å²) in [5.41, 5.74) is 2.47. The number of allylic oxidation sites excluding steroid dienone is 2. The number of nitrogens with zero attached hydrogens (tertiary/aromatic N) is 1. The highest BCUT2D eigenvalue weighted by Gasteiger charge is 2.10. The van der Waals surface area contributed by atoms with E-state index in [4.69, 9.17) is 0 Å². The van der Waals surface area contributed by atoms with Crippen LogP contribution in [0.3, 0.4) is 0 Å². The first-order valence-corrected chi connectivity index (χ1v) is 6.19.